The first-order valence-electron chi connectivity index (χ1n) is 9.67. The van der Waals surface area contributed by atoms with Crippen LogP contribution in [0.1, 0.15) is 27.0 Å². The molecule has 0 aliphatic rings. The van der Waals surface area contributed by atoms with Gasteiger partial charge in [0.2, 0.25) is 0 Å². The van der Waals surface area contributed by atoms with E-state index in [0.717, 1.165) is 16.7 Å². The van der Waals surface area contributed by atoms with E-state index in [2.05, 4.69) is 0 Å². The van der Waals surface area contributed by atoms with Gasteiger partial charge < -0.3 is 14.2 Å². The Balaban J connectivity index is 1.40. The molecule has 154 valence electrons. The molecular weight excluding hydrogens is 380 g/mol. The van der Waals surface area contributed by atoms with Gasteiger partial charge in [0.25, 0.3) is 0 Å². The van der Waals surface area contributed by atoms with Gasteiger partial charge in [-0.25, -0.2) is 4.79 Å². The maximum atomic E-state index is 12.2. The number of hydrogen-bond donors (Lipinski definition) is 0. The third kappa shape index (κ3) is 6.21. The summed E-state index contributed by atoms with van der Waals surface area (Å²) in [4.78, 5) is 24.0. The number of aryl methyl sites for hydroxylation is 2. The van der Waals surface area contributed by atoms with Crippen molar-refractivity contribution in [2.24, 2.45) is 0 Å². The van der Waals surface area contributed by atoms with E-state index in [1.807, 2.05) is 50.2 Å². The zero-order valence-corrected chi connectivity index (χ0v) is 17.1. The Labute approximate surface area is 176 Å². The van der Waals surface area contributed by atoms with Crippen molar-refractivity contribution < 1.29 is 23.8 Å². The molecule has 0 amide bonds. The highest BCUT2D eigenvalue weighted by Gasteiger charge is 2.11. The molecule has 0 radical (unpaired) electrons. The standard InChI is InChI=1S/C25H24O5/c1-18-8-9-21(14-19(18)2)24(26)16-30-25(27)17-29-23-12-10-22(11-13-23)28-15-20-6-4-3-5-7-20/h3-14H,15-17H2,1-2H3. The topological polar surface area (TPSA) is 61.8 Å². The smallest absolute Gasteiger partial charge is 0.344 e. The summed E-state index contributed by atoms with van der Waals surface area (Å²) < 4.78 is 16.2. The summed E-state index contributed by atoms with van der Waals surface area (Å²) in [6.07, 6.45) is 0. The highest BCUT2D eigenvalue weighted by Crippen LogP contribution is 2.19. The second-order valence-corrected chi connectivity index (χ2v) is 6.92. The van der Waals surface area contributed by atoms with Crippen LogP contribution in [0.2, 0.25) is 0 Å². The summed E-state index contributed by atoms with van der Waals surface area (Å²) in [5, 5.41) is 0. The third-order valence-electron chi connectivity index (χ3n) is 4.62. The Morgan fingerprint density at radius 2 is 1.40 bits per heavy atom. The normalized spacial score (nSPS) is 10.3. The zero-order chi connectivity index (χ0) is 21.3. The lowest BCUT2D eigenvalue weighted by Crippen LogP contribution is -2.19. The average molecular weight is 404 g/mol. The lowest BCUT2D eigenvalue weighted by atomic mass is 10.0. The highest BCUT2D eigenvalue weighted by molar-refractivity contribution is 5.98. The first-order valence-corrected chi connectivity index (χ1v) is 9.67. The van der Waals surface area contributed by atoms with E-state index in [1.165, 1.54) is 0 Å². The number of esters is 1. The second-order valence-electron chi connectivity index (χ2n) is 6.92. The van der Waals surface area contributed by atoms with E-state index in [1.54, 1.807) is 36.4 Å². The fourth-order valence-electron chi connectivity index (χ4n) is 2.70. The zero-order valence-electron chi connectivity index (χ0n) is 17.1. The third-order valence-corrected chi connectivity index (χ3v) is 4.62. The van der Waals surface area contributed by atoms with Crippen LogP contribution in [-0.4, -0.2) is 25.0 Å². The van der Waals surface area contributed by atoms with Crippen molar-refractivity contribution in [3.8, 4) is 11.5 Å². The molecule has 5 heteroatoms. The van der Waals surface area contributed by atoms with Gasteiger partial charge in [-0.2, -0.15) is 0 Å². The number of benzene rings is 3. The second kappa shape index (κ2) is 10.3. The molecule has 3 rings (SSSR count). The van der Waals surface area contributed by atoms with Gasteiger partial charge in [0.1, 0.15) is 18.1 Å². The first-order chi connectivity index (χ1) is 14.5. The maximum absolute atomic E-state index is 12.2. The molecule has 3 aromatic rings. The van der Waals surface area contributed by atoms with Crippen LogP contribution in [0.5, 0.6) is 11.5 Å². The Morgan fingerprint density at radius 3 is 2.07 bits per heavy atom. The number of carbonyl (C=O) groups excluding carboxylic acids is 2. The largest absolute Gasteiger partial charge is 0.489 e. The molecule has 0 atom stereocenters. The van der Waals surface area contributed by atoms with Crippen molar-refractivity contribution in [3.63, 3.8) is 0 Å². The molecule has 5 nitrogen and oxygen atoms in total. The van der Waals surface area contributed by atoms with Crippen LogP contribution < -0.4 is 9.47 Å². The molecule has 0 N–H and O–H groups in total. The molecule has 30 heavy (non-hydrogen) atoms. The summed E-state index contributed by atoms with van der Waals surface area (Å²) in [6, 6.07) is 22.2. The Morgan fingerprint density at radius 1 is 0.733 bits per heavy atom. The van der Waals surface area contributed by atoms with Gasteiger partial charge in [0, 0.05) is 5.56 Å². The van der Waals surface area contributed by atoms with Crippen molar-refractivity contribution in [2.45, 2.75) is 20.5 Å². The molecular formula is C25H24O5. The average Bonchev–Trinajstić information content (AvgIpc) is 2.78. The minimum absolute atomic E-state index is 0.244. The van der Waals surface area contributed by atoms with Gasteiger partial charge in [0.15, 0.2) is 19.0 Å². The number of rotatable bonds is 9. The fourth-order valence-corrected chi connectivity index (χ4v) is 2.70. The van der Waals surface area contributed by atoms with Gasteiger partial charge in [0.05, 0.1) is 0 Å². The number of carbonyl (C=O) groups is 2. The monoisotopic (exact) mass is 404 g/mol. The van der Waals surface area contributed by atoms with Crippen molar-refractivity contribution in [1.82, 2.24) is 0 Å². The van der Waals surface area contributed by atoms with Crippen molar-refractivity contribution in [3.05, 3.63) is 95.1 Å². The molecule has 0 saturated heterocycles. The van der Waals surface area contributed by atoms with Crippen LogP contribution in [0.4, 0.5) is 0 Å². The molecule has 0 aromatic heterocycles. The van der Waals surface area contributed by atoms with Gasteiger partial charge in [-0.05, 0) is 60.9 Å². The summed E-state index contributed by atoms with van der Waals surface area (Å²) in [6.45, 7) is 3.80. The van der Waals surface area contributed by atoms with Crippen molar-refractivity contribution in [2.75, 3.05) is 13.2 Å². The number of Topliss-reactive ketones (excluding diaryl/α,β-unsaturated/α-hetero) is 1. The quantitative estimate of drug-likeness (QED) is 0.383. The molecule has 0 aliphatic heterocycles. The molecule has 3 aromatic carbocycles. The predicted octanol–water partition coefficient (Wildman–Crippen LogP) is 4.69. The van der Waals surface area contributed by atoms with Crippen LogP contribution in [0.15, 0.2) is 72.8 Å². The number of hydrogen-bond acceptors (Lipinski definition) is 5. The number of ketones is 1. The van der Waals surface area contributed by atoms with Crippen LogP contribution in [-0.2, 0) is 16.1 Å². The lowest BCUT2D eigenvalue weighted by molar-refractivity contribution is -0.144. The van der Waals surface area contributed by atoms with E-state index >= 15 is 0 Å². The van der Waals surface area contributed by atoms with E-state index < -0.39 is 5.97 Å². The van der Waals surface area contributed by atoms with Gasteiger partial charge in [-0.15, -0.1) is 0 Å². The summed E-state index contributed by atoms with van der Waals surface area (Å²) in [5.41, 5.74) is 3.73. The van der Waals surface area contributed by atoms with E-state index in [-0.39, 0.29) is 19.0 Å². The Hall–Kier alpha value is -3.60. The van der Waals surface area contributed by atoms with Gasteiger partial charge in [-0.3, -0.25) is 4.79 Å². The predicted molar refractivity (Wildman–Crippen MR) is 114 cm³/mol. The van der Waals surface area contributed by atoms with Crippen LogP contribution >= 0.6 is 0 Å². The highest BCUT2D eigenvalue weighted by atomic mass is 16.6. The molecule has 0 unspecified atom stereocenters. The molecule has 0 saturated carbocycles. The van der Waals surface area contributed by atoms with Gasteiger partial charge in [-0.1, -0.05) is 42.5 Å². The molecule has 0 aliphatic carbocycles. The van der Waals surface area contributed by atoms with Gasteiger partial charge >= 0.3 is 5.97 Å². The Kier molecular flexibility index (Phi) is 7.22. The van der Waals surface area contributed by atoms with E-state index in [4.69, 9.17) is 14.2 Å². The minimum Gasteiger partial charge on any atom is -0.489 e. The molecule has 0 spiro atoms. The molecule has 0 fully saturated rings. The summed E-state index contributed by atoms with van der Waals surface area (Å²) >= 11 is 0. The van der Waals surface area contributed by atoms with Crippen LogP contribution in [0, 0.1) is 13.8 Å². The first kappa shape index (κ1) is 21.1. The fraction of sp³-hybridized carbons (Fsp3) is 0.200. The lowest BCUT2D eigenvalue weighted by Gasteiger charge is -2.09. The van der Waals surface area contributed by atoms with Crippen molar-refractivity contribution in [1.29, 1.82) is 0 Å². The molecule has 0 bridgehead atoms. The molecule has 0 heterocycles. The van der Waals surface area contributed by atoms with Crippen LogP contribution in [0.25, 0.3) is 0 Å². The number of ether oxygens (including phenoxy) is 3. The van der Waals surface area contributed by atoms with Crippen molar-refractivity contribution >= 4 is 11.8 Å². The Bertz CT molecular complexity index is 994. The summed E-state index contributed by atoms with van der Waals surface area (Å²) in [5.74, 6) is 0.371. The summed E-state index contributed by atoms with van der Waals surface area (Å²) in [7, 11) is 0. The SMILES string of the molecule is Cc1ccc(C(=O)COC(=O)COc2ccc(OCc3ccccc3)cc2)cc1C. The van der Waals surface area contributed by atoms with E-state index in [9.17, 15) is 9.59 Å². The van der Waals surface area contributed by atoms with Crippen LogP contribution in [0.3, 0.4) is 0 Å². The van der Waals surface area contributed by atoms with E-state index in [0.29, 0.717) is 23.7 Å². The maximum Gasteiger partial charge on any atom is 0.344 e. The minimum atomic E-state index is -0.600.